The number of fused-ring (bicyclic) bond motifs is 1. The fraction of sp³-hybridized carbons (Fsp3) is 0.600. The summed E-state index contributed by atoms with van der Waals surface area (Å²) in [6, 6.07) is 0. The number of nitrogens with zero attached hydrogens (tertiary/aromatic N) is 1. The van der Waals surface area contributed by atoms with Crippen LogP contribution in [0, 0.1) is 0 Å². The lowest BCUT2D eigenvalue weighted by Gasteiger charge is -2.21. The first kappa shape index (κ1) is 15.2. The van der Waals surface area contributed by atoms with Crippen LogP contribution in [0.2, 0.25) is 0 Å². The van der Waals surface area contributed by atoms with Crippen molar-refractivity contribution in [1.82, 2.24) is 10.2 Å². The van der Waals surface area contributed by atoms with Crippen LogP contribution in [0.4, 0.5) is 0 Å². The molecular weight excluding hydrogens is 272 g/mol. The number of likely N-dealkylation sites (N-methyl/N-ethyl adjacent to an activating group) is 1. The van der Waals surface area contributed by atoms with Crippen LogP contribution in [0.25, 0.3) is 0 Å². The van der Waals surface area contributed by atoms with Crippen molar-refractivity contribution in [2.24, 2.45) is 0 Å². The number of rotatable bonds is 6. The highest BCUT2D eigenvalue weighted by Gasteiger charge is 2.31. The summed E-state index contributed by atoms with van der Waals surface area (Å²) in [5.41, 5.74) is 1.16. The van der Waals surface area contributed by atoms with Gasteiger partial charge < -0.3 is 10.2 Å². The number of ketones is 1. The summed E-state index contributed by atoms with van der Waals surface area (Å²) in [7, 11) is 2.05. The third kappa shape index (κ3) is 3.66. The first-order valence-electron chi connectivity index (χ1n) is 7.23. The Morgan fingerprint density at radius 2 is 2.35 bits per heavy atom. The molecule has 1 aliphatic carbocycles. The van der Waals surface area contributed by atoms with Gasteiger partial charge in [-0.15, -0.1) is 0 Å². The van der Waals surface area contributed by atoms with E-state index >= 15 is 0 Å². The van der Waals surface area contributed by atoms with Crippen molar-refractivity contribution in [3.05, 3.63) is 22.8 Å². The largest absolute Gasteiger partial charge is 0.362 e. The number of hydrogen-bond acceptors (Lipinski definition) is 4. The first-order chi connectivity index (χ1) is 9.61. The Morgan fingerprint density at radius 3 is 3.10 bits per heavy atom. The van der Waals surface area contributed by atoms with E-state index in [1.54, 1.807) is 17.8 Å². The van der Waals surface area contributed by atoms with Gasteiger partial charge in [-0.1, -0.05) is 31.2 Å². The molecule has 1 heterocycles. The summed E-state index contributed by atoms with van der Waals surface area (Å²) >= 11 is 1.72. The number of nitrogens with one attached hydrogen (secondary N) is 1. The second kappa shape index (κ2) is 6.97. The molecule has 0 bridgehead atoms. The van der Waals surface area contributed by atoms with Crippen LogP contribution >= 0.6 is 11.8 Å². The van der Waals surface area contributed by atoms with Crippen molar-refractivity contribution in [2.75, 3.05) is 13.6 Å². The third-order valence-corrected chi connectivity index (χ3v) is 4.99. The van der Waals surface area contributed by atoms with Gasteiger partial charge in [0, 0.05) is 37.0 Å². The molecule has 0 radical (unpaired) electrons. The van der Waals surface area contributed by atoms with Crippen LogP contribution in [0.3, 0.4) is 0 Å². The topological polar surface area (TPSA) is 49.4 Å². The molecule has 1 aliphatic heterocycles. The number of allylic oxidation sites excluding steroid dienone is 2. The van der Waals surface area contributed by atoms with Crippen molar-refractivity contribution in [3.63, 3.8) is 0 Å². The van der Waals surface area contributed by atoms with E-state index in [0.717, 1.165) is 29.9 Å². The SMILES string of the molecule is CCCCC(=O)NCCC1SC2=CC(=O)CC=C2N1C. The van der Waals surface area contributed by atoms with E-state index in [1.807, 2.05) is 6.08 Å². The van der Waals surface area contributed by atoms with Crippen LogP contribution in [0.5, 0.6) is 0 Å². The number of carbonyl (C=O) groups excluding carboxylic acids is 2. The van der Waals surface area contributed by atoms with Crippen LogP contribution < -0.4 is 5.32 Å². The smallest absolute Gasteiger partial charge is 0.219 e. The van der Waals surface area contributed by atoms with Gasteiger partial charge in [0.2, 0.25) is 5.91 Å². The van der Waals surface area contributed by atoms with Gasteiger partial charge in [0.25, 0.3) is 0 Å². The fourth-order valence-electron chi connectivity index (χ4n) is 2.38. The molecule has 0 saturated carbocycles. The van der Waals surface area contributed by atoms with E-state index in [-0.39, 0.29) is 11.7 Å². The molecule has 1 amide bonds. The average Bonchev–Trinajstić information content (AvgIpc) is 2.72. The monoisotopic (exact) mass is 294 g/mol. The second-order valence-corrected chi connectivity index (χ2v) is 6.41. The van der Waals surface area contributed by atoms with Crippen LogP contribution in [0.15, 0.2) is 22.8 Å². The van der Waals surface area contributed by atoms with Crippen molar-refractivity contribution < 1.29 is 9.59 Å². The summed E-state index contributed by atoms with van der Waals surface area (Å²) in [6.07, 6.45) is 7.76. The Morgan fingerprint density at radius 1 is 1.55 bits per heavy atom. The van der Waals surface area contributed by atoms with Gasteiger partial charge in [0.1, 0.15) is 0 Å². The predicted molar refractivity (Wildman–Crippen MR) is 82.1 cm³/mol. The maximum absolute atomic E-state index is 11.6. The normalized spacial score (nSPS) is 21.4. The molecule has 5 heteroatoms. The molecule has 0 spiro atoms. The van der Waals surface area contributed by atoms with E-state index < -0.39 is 0 Å². The standard InChI is InChI=1S/C15H22N2O2S/c1-3-4-5-14(19)16-9-8-15-17(2)12-7-6-11(18)10-13(12)20-15/h7,10,15H,3-6,8-9H2,1-2H3,(H,16,19). The van der Waals surface area contributed by atoms with Gasteiger partial charge in [-0.2, -0.15) is 0 Å². The fourth-order valence-corrected chi connectivity index (χ4v) is 3.73. The maximum Gasteiger partial charge on any atom is 0.219 e. The Balaban J connectivity index is 1.79. The van der Waals surface area contributed by atoms with Crippen LogP contribution in [-0.2, 0) is 9.59 Å². The average molecular weight is 294 g/mol. The maximum atomic E-state index is 11.6. The molecule has 2 aliphatic rings. The molecule has 1 unspecified atom stereocenters. The minimum absolute atomic E-state index is 0.142. The Bertz CT molecular complexity index is 457. The van der Waals surface area contributed by atoms with E-state index in [2.05, 4.69) is 24.2 Å². The van der Waals surface area contributed by atoms with E-state index in [4.69, 9.17) is 0 Å². The molecule has 110 valence electrons. The van der Waals surface area contributed by atoms with Crippen LogP contribution in [-0.4, -0.2) is 35.6 Å². The zero-order chi connectivity index (χ0) is 14.5. The number of unbranched alkanes of at least 4 members (excludes halogenated alkanes) is 1. The predicted octanol–water partition coefficient (Wildman–Crippen LogP) is 2.43. The van der Waals surface area contributed by atoms with Crippen molar-refractivity contribution >= 4 is 23.5 Å². The molecule has 1 fully saturated rings. The zero-order valence-electron chi connectivity index (χ0n) is 12.1. The van der Waals surface area contributed by atoms with E-state index in [9.17, 15) is 9.59 Å². The number of hydrogen-bond donors (Lipinski definition) is 1. The molecule has 1 saturated heterocycles. The van der Waals surface area contributed by atoms with Gasteiger partial charge in [-0.3, -0.25) is 9.59 Å². The number of carbonyl (C=O) groups is 2. The summed E-state index contributed by atoms with van der Waals surface area (Å²) in [6.45, 7) is 2.78. The molecule has 1 atom stereocenters. The molecule has 4 nitrogen and oxygen atoms in total. The Kier molecular flexibility index (Phi) is 5.29. The van der Waals surface area contributed by atoms with Gasteiger partial charge >= 0.3 is 0 Å². The van der Waals surface area contributed by atoms with Crippen molar-refractivity contribution in [3.8, 4) is 0 Å². The lowest BCUT2D eigenvalue weighted by atomic mass is 10.1. The van der Waals surface area contributed by atoms with E-state index in [0.29, 0.717) is 24.8 Å². The van der Waals surface area contributed by atoms with Gasteiger partial charge in [0.05, 0.1) is 5.37 Å². The lowest BCUT2D eigenvalue weighted by Crippen LogP contribution is -2.30. The van der Waals surface area contributed by atoms with Gasteiger partial charge in [-0.25, -0.2) is 0 Å². The highest BCUT2D eigenvalue weighted by Crippen LogP contribution is 2.43. The van der Waals surface area contributed by atoms with Crippen LogP contribution in [0.1, 0.15) is 39.0 Å². The first-order valence-corrected chi connectivity index (χ1v) is 8.11. The molecule has 1 N–H and O–H groups in total. The summed E-state index contributed by atoms with van der Waals surface area (Å²) in [4.78, 5) is 26.2. The van der Waals surface area contributed by atoms with Gasteiger partial charge in [-0.05, 0) is 18.9 Å². The summed E-state index contributed by atoms with van der Waals surface area (Å²) in [5, 5.41) is 3.28. The zero-order valence-corrected chi connectivity index (χ0v) is 13.0. The van der Waals surface area contributed by atoms with E-state index in [1.165, 1.54) is 0 Å². The molecular formula is C15H22N2O2S. The number of thioether (sulfide) groups is 1. The molecule has 2 rings (SSSR count). The number of amides is 1. The minimum Gasteiger partial charge on any atom is -0.362 e. The molecule has 0 aromatic carbocycles. The highest BCUT2D eigenvalue weighted by molar-refractivity contribution is 8.04. The Labute approximate surface area is 124 Å². The highest BCUT2D eigenvalue weighted by atomic mass is 32.2. The quantitative estimate of drug-likeness (QED) is 0.817. The van der Waals surface area contributed by atoms with Crippen molar-refractivity contribution in [1.29, 1.82) is 0 Å². The molecule has 0 aromatic rings. The summed E-state index contributed by atoms with van der Waals surface area (Å²) < 4.78 is 0. The lowest BCUT2D eigenvalue weighted by molar-refractivity contribution is -0.121. The molecule has 0 aromatic heterocycles. The van der Waals surface area contributed by atoms with Crippen molar-refractivity contribution in [2.45, 2.75) is 44.4 Å². The van der Waals surface area contributed by atoms with Gasteiger partial charge in [0.15, 0.2) is 5.78 Å². The molecule has 20 heavy (non-hydrogen) atoms. The Hall–Kier alpha value is -1.23. The minimum atomic E-state index is 0.142. The summed E-state index contributed by atoms with van der Waals surface area (Å²) in [5.74, 6) is 0.321. The third-order valence-electron chi connectivity index (χ3n) is 3.59. The second-order valence-electron chi connectivity index (χ2n) is 5.19.